The van der Waals surface area contributed by atoms with E-state index >= 15 is 0 Å². The second kappa shape index (κ2) is 8.63. The molecule has 3 aromatic carbocycles. The number of methoxy groups -OCH3 is 1. The lowest BCUT2D eigenvalue weighted by Crippen LogP contribution is -2.70. The Morgan fingerprint density at radius 2 is 1.50 bits per heavy atom. The van der Waals surface area contributed by atoms with Crippen molar-refractivity contribution in [3.63, 3.8) is 0 Å². The lowest BCUT2D eigenvalue weighted by Gasteiger charge is -2.61. The second-order valence-corrected chi connectivity index (χ2v) is 9.63. The molecule has 166 valence electrons. The van der Waals surface area contributed by atoms with Crippen LogP contribution in [0.2, 0.25) is 0 Å². The van der Waals surface area contributed by atoms with Crippen LogP contribution in [0.5, 0.6) is 5.75 Å². The summed E-state index contributed by atoms with van der Waals surface area (Å²) in [6.45, 7) is 6.97. The average molecular weight is 427 g/mol. The number of rotatable bonds is 6. The topological polar surface area (TPSA) is 24.5 Å². The summed E-state index contributed by atoms with van der Waals surface area (Å²) in [5.74, 6) is 1.84. The van der Waals surface area contributed by atoms with Crippen LogP contribution in [0.3, 0.4) is 0 Å². The number of anilines is 1. The molecule has 0 aliphatic carbocycles. The maximum atomic E-state index is 5.74. The lowest BCUT2D eigenvalue weighted by molar-refractivity contribution is -0.0401. The monoisotopic (exact) mass is 426 g/mol. The largest absolute Gasteiger partial charge is 0.495 e. The number of piperidine rings is 3. The predicted molar refractivity (Wildman–Crippen MR) is 133 cm³/mol. The fourth-order valence-corrected chi connectivity index (χ4v) is 6.28. The Labute approximate surface area is 192 Å². The highest BCUT2D eigenvalue weighted by molar-refractivity contribution is 5.59. The minimum absolute atomic E-state index is 0.0569. The molecule has 0 radical (unpaired) electrons. The zero-order valence-electron chi connectivity index (χ0n) is 19.4. The van der Waals surface area contributed by atoms with E-state index < -0.39 is 0 Å². The predicted octanol–water partition coefficient (Wildman–Crippen LogP) is 6.10. The first-order valence-electron chi connectivity index (χ1n) is 11.9. The van der Waals surface area contributed by atoms with Crippen LogP contribution in [-0.2, 0) is 0 Å². The van der Waals surface area contributed by atoms with Crippen molar-refractivity contribution in [2.75, 3.05) is 25.5 Å². The second-order valence-electron chi connectivity index (χ2n) is 9.63. The van der Waals surface area contributed by atoms with Gasteiger partial charge in [0.15, 0.2) is 0 Å². The zero-order chi connectivity index (χ0) is 22.1. The van der Waals surface area contributed by atoms with Gasteiger partial charge in [0.1, 0.15) is 5.75 Å². The first-order valence-corrected chi connectivity index (χ1v) is 11.9. The van der Waals surface area contributed by atoms with Crippen molar-refractivity contribution in [3.8, 4) is 5.75 Å². The molecule has 0 unspecified atom stereocenters. The van der Waals surface area contributed by atoms with Crippen LogP contribution in [0, 0.1) is 12.8 Å². The number of aryl methyl sites for hydroxylation is 1. The molecule has 0 amide bonds. The Balaban J connectivity index is 1.64. The summed E-state index contributed by atoms with van der Waals surface area (Å²) >= 11 is 0. The third-order valence-corrected chi connectivity index (χ3v) is 7.84. The Bertz CT molecular complexity index is 1000. The molecule has 0 saturated carbocycles. The van der Waals surface area contributed by atoms with E-state index in [9.17, 15) is 0 Å². The van der Waals surface area contributed by atoms with Gasteiger partial charge in [0.2, 0.25) is 0 Å². The summed E-state index contributed by atoms with van der Waals surface area (Å²) in [6.07, 6.45) is 2.50. The van der Waals surface area contributed by atoms with Crippen molar-refractivity contribution < 1.29 is 4.74 Å². The van der Waals surface area contributed by atoms with Crippen LogP contribution in [0.25, 0.3) is 0 Å². The van der Waals surface area contributed by atoms with Gasteiger partial charge >= 0.3 is 0 Å². The van der Waals surface area contributed by atoms with Crippen LogP contribution in [0.15, 0.2) is 78.9 Å². The molecular formula is C29H34N2O. The van der Waals surface area contributed by atoms with Crippen molar-refractivity contribution in [1.29, 1.82) is 0 Å². The highest BCUT2D eigenvalue weighted by atomic mass is 16.5. The minimum atomic E-state index is -0.0569. The fourth-order valence-electron chi connectivity index (χ4n) is 6.28. The number of nitrogens with zero attached hydrogens (tertiary/aromatic N) is 1. The molecule has 1 N–H and O–H groups in total. The molecule has 3 nitrogen and oxygen atoms in total. The number of nitrogens with one attached hydrogen (secondary N) is 1. The van der Waals surface area contributed by atoms with Gasteiger partial charge in [0.25, 0.3) is 0 Å². The summed E-state index contributed by atoms with van der Waals surface area (Å²) in [7, 11) is 1.77. The molecule has 3 heteroatoms. The molecule has 6 rings (SSSR count). The summed E-state index contributed by atoms with van der Waals surface area (Å²) in [5, 5.41) is 4.02. The fraction of sp³-hybridized carbons (Fsp3) is 0.379. The summed E-state index contributed by atoms with van der Waals surface area (Å²) in [5.41, 5.74) is 5.07. The molecule has 3 saturated heterocycles. The normalized spacial score (nSPS) is 26.8. The van der Waals surface area contributed by atoms with Crippen molar-refractivity contribution in [2.24, 2.45) is 5.92 Å². The molecular weight excluding hydrogens is 392 g/mol. The van der Waals surface area contributed by atoms with Gasteiger partial charge in [-0.05, 0) is 74.5 Å². The van der Waals surface area contributed by atoms with Crippen molar-refractivity contribution in [1.82, 2.24) is 4.90 Å². The number of fused-ring (bicyclic) bond motifs is 3. The van der Waals surface area contributed by atoms with E-state index in [1.54, 1.807) is 7.11 Å². The molecule has 2 atom stereocenters. The van der Waals surface area contributed by atoms with E-state index in [4.69, 9.17) is 4.74 Å². The highest BCUT2D eigenvalue weighted by Crippen LogP contribution is 2.50. The van der Waals surface area contributed by atoms with E-state index in [0.717, 1.165) is 11.4 Å². The molecule has 3 heterocycles. The average Bonchev–Trinajstić information content (AvgIpc) is 2.83. The van der Waals surface area contributed by atoms with Gasteiger partial charge in [0.05, 0.1) is 12.8 Å². The summed E-state index contributed by atoms with van der Waals surface area (Å²) in [6, 6.07) is 28.9. The van der Waals surface area contributed by atoms with E-state index in [0.29, 0.717) is 12.0 Å². The molecule has 3 aromatic rings. The third-order valence-electron chi connectivity index (χ3n) is 7.84. The van der Waals surface area contributed by atoms with E-state index in [1.165, 1.54) is 42.6 Å². The van der Waals surface area contributed by atoms with Gasteiger partial charge in [-0.25, -0.2) is 0 Å². The van der Waals surface area contributed by atoms with Crippen LogP contribution in [0.4, 0.5) is 5.69 Å². The van der Waals surface area contributed by atoms with Crippen LogP contribution in [0.1, 0.15) is 42.4 Å². The van der Waals surface area contributed by atoms with Gasteiger partial charge in [0, 0.05) is 17.5 Å². The van der Waals surface area contributed by atoms with Gasteiger partial charge in [-0.15, -0.1) is 0 Å². The minimum Gasteiger partial charge on any atom is -0.495 e. The van der Waals surface area contributed by atoms with Gasteiger partial charge in [-0.3, -0.25) is 4.90 Å². The van der Waals surface area contributed by atoms with Crippen LogP contribution < -0.4 is 10.1 Å². The molecule has 0 spiro atoms. The van der Waals surface area contributed by atoms with Gasteiger partial charge < -0.3 is 10.1 Å². The van der Waals surface area contributed by atoms with Crippen LogP contribution in [-0.4, -0.2) is 36.7 Å². The molecule has 0 aromatic heterocycles. The molecule has 2 bridgehead atoms. The SMILES string of the molecule is COc1ccc(C)cc1N[C@H]1C2CCN(CC2)[C@@]1(C)C(c1ccccc1)c1ccccc1. The van der Waals surface area contributed by atoms with Crippen molar-refractivity contribution in [2.45, 2.75) is 44.2 Å². The molecule has 3 aliphatic heterocycles. The zero-order valence-corrected chi connectivity index (χ0v) is 19.4. The van der Waals surface area contributed by atoms with Gasteiger partial charge in [-0.1, -0.05) is 66.7 Å². The number of ether oxygens (including phenoxy) is 1. The first-order chi connectivity index (χ1) is 15.6. The van der Waals surface area contributed by atoms with E-state index in [-0.39, 0.29) is 11.5 Å². The molecule has 32 heavy (non-hydrogen) atoms. The summed E-state index contributed by atoms with van der Waals surface area (Å²) < 4.78 is 5.74. The Morgan fingerprint density at radius 3 is 2.06 bits per heavy atom. The standard InChI is InChI=1S/C29H34N2O/c1-21-14-15-26(32-3)25(20-21)30-28-24-16-18-31(19-17-24)29(28,2)27(22-10-6-4-7-11-22)23-12-8-5-9-13-23/h4-15,20,24,27-28,30H,16-19H2,1-3H3/t28-,29-/m0/s1. The Kier molecular flexibility index (Phi) is 5.69. The van der Waals surface area contributed by atoms with Crippen molar-refractivity contribution in [3.05, 3.63) is 95.6 Å². The Morgan fingerprint density at radius 1 is 0.906 bits per heavy atom. The smallest absolute Gasteiger partial charge is 0.141 e. The van der Waals surface area contributed by atoms with E-state index in [2.05, 4.69) is 103 Å². The highest BCUT2D eigenvalue weighted by Gasteiger charge is 2.55. The maximum Gasteiger partial charge on any atom is 0.141 e. The molecule has 3 fully saturated rings. The Hall–Kier alpha value is -2.78. The quantitative estimate of drug-likeness (QED) is 0.515. The summed E-state index contributed by atoms with van der Waals surface area (Å²) in [4.78, 5) is 2.75. The molecule has 3 aliphatic rings. The van der Waals surface area contributed by atoms with Crippen molar-refractivity contribution >= 4 is 5.69 Å². The maximum absolute atomic E-state index is 5.74. The number of hydrogen-bond donors (Lipinski definition) is 1. The number of hydrogen-bond acceptors (Lipinski definition) is 3. The van der Waals surface area contributed by atoms with E-state index in [1.807, 2.05) is 0 Å². The first kappa shape index (κ1) is 21.1. The number of benzene rings is 3. The lowest BCUT2D eigenvalue weighted by atomic mass is 9.62. The van der Waals surface area contributed by atoms with Crippen LogP contribution >= 0.6 is 0 Å². The third kappa shape index (κ3) is 3.59. The van der Waals surface area contributed by atoms with Gasteiger partial charge in [-0.2, -0.15) is 0 Å².